The van der Waals surface area contributed by atoms with Crippen molar-refractivity contribution in [2.24, 2.45) is 0 Å². The first-order valence-corrected chi connectivity index (χ1v) is 11.6. The smallest absolute Gasteiger partial charge is 0.276 e. The standard InChI is InChI=1S/C22H23N3O5S/c1-29-17-8-9-18(21(12-17)30-2)23-22(26)19-13-20(15-6-4-3-5-7-15)25(24-19)16-10-11-31(27,28)14-16/h3-9,12-13,16H,10-11,14H2,1-2H3,(H,23,26). The minimum Gasteiger partial charge on any atom is -0.497 e. The molecule has 2 aromatic carbocycles. The summed E-state index contributed by atoms with van der Waals surface area (Å²) in [6.07, 6.45) is 0.469. The van der Waals surface area contributed by atoms with Gasteiger partial charge in [0, 0.05) is 6.07 Å². The predicted molar refractivity (Wildman–Crippen MR) is 117 cm³/mol. The van der Waals surface area contributed by atoms with Gasteiger partial charge in [0.1, 0.15) is 11.5 Å². The Balaban J connectivity index is 1.68. The molecule has 4 rings (SSSR count). The van der Waals surface area contributed by atoms with E-state index in [1.807, 2.05) is 30.3 Å². The first-order valence-electron chi connectivity index (χ1n) is 9.79. The number of ether oxygens (including phenoxy) is 2. The Morgan fingerprint density at radius 2 is 1.87 bits per heavy atom. The second-order valence-corrected chi connectivity index (χ2v) is 9.53. The summed E-state index contributed by atoms with van der Waals surface area (Å²) < 4.78 is 36.2. The maximum atomic E-state index is 13.0. The van der Waals surface area contributed by atoms with Crippen LogP contribution in [0.2, 0.25) is 0 Å². The van der Waals surface area contributed by atoms with Gasteiger partial charge in [0.15, 0.2) is 15.5 Å². The van der Waals surface area contributed by atoms with E-state index in [9.17, 15) is 13.2 Å². The van der Waals surface area contributed by atoms with Gasteiger partial charge in [0.05, 0.1) is 43.1 Å². The fraction of sp³-hybridized carbons (Fsp3) is 0.273. The zero-order valence-corrected chi connectivity index (χ0v) is 18.1. The molecule has 2 heterocycles. The number of hydrogen-bond acceptors (Lipinski definition) is 6. The summed E-state index contributed by atoms with van der Waals surface area (Å²) in [7, 11) is -0.0508. The van der Waals surface area contributed by atoms with Crippen LogP contribution in [0.5, 0.6) is 11.5 Å². The minimum atomic E-state index is -3.11. The van der Waals surface area contributed by atoms with Crippen LogP contribution in [0.4, 0.5) is 5.69 Å². The lowest BCUT2D eigenvalue weighted by molar-refractivity contribution is 0.102. The lowest BCUT2D eigenvalue weighted by Crippen LogP contribution is -2.17. The quantitative estimate of drug-likeness (QED) is 0.631. The molecular weight excluding hydrogens is 418 g/mol. The molecule has 0 saturated carbocycles. The van der Waals surface area contributed by atoms with E-state index in [0.29, 0.717) is 29.3 Å². The van der Waals surface area contributed by atoms with Crippen LogP contribution in [0.25, 0.3) is 11.3 Å². The SMILES string of the molecule is COc1ccc(NC(=O)c2cc(-c3ccccc3)n(C3CCS(=O)(=O)C3)n2)c(OC)c1. The zero-order chi connectivity index (χ0) is 22.0. The highest BCUT2D eigenvalue weighted by molar-refractivity contribution is 7.91. The largest absolute Gasteiger partial charge is 0.497 e. The van der Waals surface area contributed by atoms with Crippen LogP contribution in [0, 0.1) is 0 Å². The molecule has 1 atom stereocenters. The van der Waals surface area contributed by atoms with Crippen molar-refractivity contribution in [3.05, 3.63) is 60.3 Å². The van der Waals surface area contributed by atoms with Crippen LogP contribution >= 0.6 is 0 Å². The second-order valence-electron chi connectivity index (χ2n) is 7.30. The molecule has 0 aliphatic carbocycles. The lowest BCUT2D eigenvalue weighted by Gasteiger charge is -2.13. The summed E-state index contributed by atoms with van der Waals surface area (Å²) >= 11 is 0. The van der Waals surface area contributed by atoms with Gasteiger partial charge in [0.2, 0.25) is 0 Å². The molecule has 1 N–H and O–H groups in total. The molecule has 9 heteroatoms. The van der Waals surface area contributed by atoms with Gasteiger partial charge in [-0.15, -0.1) is 0 Å². The van der Waals surface area contributed by atoms with E-state index in [1.54, 1.807) is 36.1 Å². The van der Waals surface area contributed by atoms with Crippen molar-refractivity contribution in [3.8, 4) is 22.8 Å². The van der Waals surface area contributed by atoms with Gasteiger partial charge in [-0.25, -0.2) is 8.42 Å². The van der Waals surface area contributed by atoms with E-state index < -0.39 is 15.7 Å². The van der Waals surface area contributed by atoms with Crippen molar-refractivity contribution in [3.63, 3.8) is 0 Å². The van der Waals surface area contributed by atoms with Crippen molar-refractivity contribution in [1.82, 2.24) is 9.78 Å². The van der Waals surface area contributed by atoms with Gasteiger partial charge in [-0.2, -0.15) is 5.10 Å². The summed E-state index contributed by atoms with van der Waals surface area (Å²) in [5.41, 5.74) is 2.24. The highest BCUT2D eigenvalue weighted by Crippen LogP contribution is 2.32. The third kappa shape index (κ3) is 4.41. The summed E-state index contributed by atoms with van der Waals surface area (Å²) in [5.74, 6) is 0.781. The number of hydrogen-bond donors (Lipinski definition) is 1. The molecule has 0 bridgehead atoms. The molecule has 1 unspecified atom stereocenters. The van der Waals surface area contributed by atoms with E-state index >= 15 is 0 Å². The van der Waals surface area contributed by atoms with Crippen molar-refractivity contribution >= 4 is 21.4 Å². The first kappa shape index (κ1) is 20.9. The number of benzene rings is 2. The van der Waals surface area contributed by atoms with Gasteiger partial charge >= 0.3 is 0 Å². The Bertz CT molecular complexity index is 1210. The topological polar surface area (TPSA) is 99.5 Å². The van der Waals surface area contributed by atoms with E-state index in [2.05, 4.69) is 10.4 Å². The second kappa shape index (κ2) is 8.43. The third-order valence-corrected chi connectivity index (χ3v) is 7.00. The van der Waals surface area contributed by atoms with Crippen LogP contribution in [-0.2, 0) is 9.84 Å². The third-order valence-electron chi connectivity index (χ3n) is 5.25. The zero-order valence-electron chi connectivity index (χ0n) is 17.2. The van der Waals surface area contributed by atoms with Crippen molar-refractivity contribution in [1.29, 1.82) is 0 Å². The van der Waals surface area contributed by atoms with Crippen LogP contribution in [-0.4, -0.2) is 49.8 Å². The van der Waals surface area contributed by atoms with Gasteiger partial charge in [-0.05, 0) is 30.2 Å². The normalized spacial score (nSPS) is 17.3. The van der Waals surface area contributed by atoms with Crippen molar-refractivity contribution in [2.75, 3.05) is 31.0 Å². The summed E-state index contributed by atoms with van der Waals surface area (Å²) in [6.45, 7) is 0. The monoisotopic (exact) mass is 441 g/mol. The van der Waals surface area contributed by atoms with Crippen molar-refractivity contribution in [2.45, 2.75) is 12.5 Å². The molecule has 1 fully saturated rings. The fourth-order valence-electron chi connectivity index (χ4n) is 3.66. The van der Waals surface area contributed by atoms with E-state index in [1.165, 1.54) is 7.11 Å². The molecule has 1 aliphatic rings. The van der Waals surface area contributed by atoms with Crippen LogP contribution < -0.4 is 14.8 Å². The average molecular weight is 442 g/mol. The molecule has 0 spiro atoms. The maximum Gasteiger partial charge on any atom is 0.276 e. The first-order chi connectivity index (χ1) is 14.9. The lowest BCUT2D eigenvalue weighted by atomic mass is 10.1. The van der Waals surface area contributed by atoms with Crippen molar-refractivity contribution < 1.29 is 22.7 Å². The molecule has 8 nitrogen and oxygen atoms in total. The number of anilines is 1. The number of methoxy groups -OCH3 is 2. The molecule has 162 valence electrons. The molecule has 0 radical (unpaired) electrons. The molecule has 1 amide bonds. The molecule has 1 saturated heterocycles. The number of aromatic nitrogens is 2. The Hall–Kier alpha value is -3.33. The Morgan fingerprint density at radius 3 is 2.52 bits per heavy atom. The highest BCUT2D eigenvalue weighted by Gasteiger charge is 2.32. The van der Waals surface area contributed by atoms with Crippen LogP contribution in [0.1, 0.15) is 23.0 Å². The summed E-state index contributed by atoms with van der Waals surface area (Å²) in [4.78, 5) is 13.0. The molecule has 1 aliphatic heterocycles. The molecule has 3 aromatic rings. The number of amides is 1. The fourth-order valence-corrected chi connectivity index (χ4v) is 5.36. The number of rotatable bonds is 6. The average Bonchev–Trinajstić information content (AvgIpc) is 3.38. The maximum absolute atomic E-state index is 13.0. The molecular formula is C22H23N3O5S. The number of sulfone groups is 1. The molecule has 1 aromatic heterocycles. The number of nitrogens with zero attached hydrogens (tertiary/aromatic N) is 2. The predicted octanol–water partition coefficient (Wildman–Crippen LogP) is 3.18. The Labute approximate surface area is 180 Å². The highest BCUT2D eigenvalue weighted by atomic mass is 32.2. The minimum absolute atomic E-state index is 0.0157. The van der Waals surface area contributed by atoms with E-state index in [-0.39, 0.29) is 23.2 Å². The number of carbonyl (C=O) groups excluding carboxylic acids is 1. The van der Waals surface area contributed by atoms with E-state index in [0.717, 1.165) is 5.56 Å². The van der Waals surface area contributed by atoms with Gasteiger partial charge in [-0.1, -0.05) is 30.3 Å². The summed E-state index contributed by atoms with van der Waals surface area (Å²) in [5, 5.41) is 7.31. The van der Waals surface area contributed by atoms with Gasteiger partial charge in [0.25, 0.3) is 5.91 Å². The number of carbonyl (C=O) groups is 1. The van der Waals surface area contributed by atoms with Gasteiger partial charge < -0.3 is 14.8 Å². The Kier molecular flexibility index (Phi) is 5.69. The molecule has 31 heavy (non-hydrogen) atoms. The summed E-state index contributed by atoms with van der Waals surface area (Å²) in [6, 6.07) is 15.9. The van der Waals surface area contributed by atoms with Crippen LogP contribution in [0.15, 0.2) is 54.6 Å². The van der Waals surface area contributed by atoms with Gasteiger partial charge in [-0.3, -0.25) is 9.48 Å². The number of nitrogens with one attached hydrogen (secondary N) is 1. The Morgan fingerprint density at radius 1 is 1.10 bits per heavy atom. The van der Waals surface area contributed by atoms with Crippen LogP contribution in [0.3, 0.4) is 0 Å². The van der Waals surface area contributed by atoms with E-state index in [4.69, 9.17) is 9.47 Å².